The van der Waals surface area contributed by atoms with Crippen molar-refractivity contribution in [2.45, 2.75) is 11.3 Å². The van der Waals surface area contributed by atoms with Gasteiger partial charge in [-0.2, -0.15) is 13.5 Å². The quantitative estimate of drug-likeness (QED) is 0.885. The second-order valence-corrected chi connectivity index (χ2v) is 5.88. The highest BCUT2D eigenvalue weighted by atomic mass is 32.2. The maximum atomic E-state index is 12.1. The highest BCUT2D eigenvalue weighted by Gasteiger charge is 2.20. The third-order valence-corrected chi connectivity index (χ3v) is 4.11. The van der Waals surface area contributed by atoms with Crippen molar-refractivity contribution in [1.82, 2.24) is 10.2 Å². The monoisotopic (exact) mass is 295 g/mol. The number of nitrogens with zero attached hydrogens (tertiary/aromatic N) is 1. The van der Waals surface area contributed by atoms with Crippen LogP contribution in [0.25, 0.3) is 0 Å². The van der Waals surface area contributed by atoms with E-state index >= 15 is 0 Å². The number of aromatic amines is 1. The molecule has 1 fully saturated rings. The molecule has 0 aliphatic carbocycles. The number of nitrogens with one attached hydrogen (secondary N) is 2. The Morgan fingerprint density at radius 3 is 2.75 bits per heavy atom. The van der Waals surface area contributed by atoms with Crippen molar-refractivity contribution in [1.29, 1.82) is 0 Å². The first-order valence-electron chi connectivity index (χ1n) is 6.00. The van der Waals surface area contributed by atoms with Gasteiger partial charge < -0.3 is 9.47 Å². The molecule has 20 heavy (non-hydrogen) atoms. The fraction of sp³-hybridized carbons (Fsp3) is 0.250. The summed E-state index contributed by atoms with van der Waals surface area (Å²) in [5.41, 5.74) is 1.21. The van der Waals surface area contributed by atoms with Gasteiger partial charge >= 0.3 is 0 Å². The van der Waals surface area contributed by atoms with E-state index in [0.717, 1.165) is 5.56 Å². The molecule has 106 valence electrons. The summed E-state index contributed by atoms with van der Waals surface area (Å²) in [5, 5.41) is 6.05. The first kappa shape index (κ1) is 13.1. The van der Waals surface area contributed by atoms with Crippen LogP contribution in [-0.2, 0) is 19.5 Å². The first-order chi connectivity index (χ1) is 9.65. The van der Waals surface area contributed by atoms with E-state index in [4.69, 9.17) is 9.47 Å². The fourth-order valence-electron chi connectivity index (χ4n) is 1.90. The molecule has 2 N–H and O–H groups in total. The third-order valence-electron chi connectivity index (χ3n) is 2.80. The molecule has 0 saturated carbocycles. The average molecular weight is 295 g/mol. The standard InChI is InChI=1S/C12H13N3O4S/c16-20(17,11-4-5-13-14-11)15-10-3-1-2-9(8-10)12-18-6-7-19-12/h1-5,8,12,15H,6-7H2,(H,13,14). The molecule has 2 heterocycles. The number of hydrogen-bond donors (Lipinski definition) is 2. The number of anilines is 1. The molecule has 7 nitrogen and oxygen atoms in total. The Hall–Kier alpha value is -1.90. The summed E-state index contributed by atoms with van der Waals surface area (Å²) < 4.78 is 37.3. The lowest BCUT2D eigenvalue weighted by atomic mass is 10.2. The predicted octanol–water partition coefficient (Wildman–Crippen LogP) is 1.26. The van der Waals surface area contributed by atoms with Crippen LogP contribution in [-0.4, -0.2) is 31.8 Å². The highest BCUT2D eigenvalue weighted by Crippen LogP contribution is 2.26. The van der Waals surface area contributed by atoms with Crippen LogP contribution in [0.3, 0.4) is 0 Å². The van der Waals surface area contributed by atoms with Gasteiger partial charge in [-0.05, 0) is 18.2 Å². The Morgan fingerprint density at radius 2 is 2.05 bits per heavy atom. The average Bonchev–Trinajstić information content (AvgIpc) is 3.12. The minimum atomic E-state index is -3.66. The van der Waals surface area contributed by atoms with Gasteiger partial charge in [0.05, 0.1) is 19.4 Å². The highest BCUT2D eigenvalue weighted by molar-refractivity contribution is 7.92. The number of sulfonamides is 1. The number of rotatable bonds is 4. The van der Waals surface area contributed by atoms with E-state index in [2.05, 4.69) is 14.9 Å². The summed E-state index contributed by atoms with van der Waals surface area (Å²) >= 11 is 0. The van der Waals surface area contributed by atoms with Crippen LogP contribution < -0.4 is 4.72 Å². The van der Waals surface area contributed by atoms with Gasteiger partial charge in [0.2, 0.25) is 0 Å². The third kappa shape index (κ3) is 2.67. The molecule has 1 aliphatic rings. The largest absolute Gasteiger partial charge is 0.346 e. The summed E-state index contributed by atoms with van der Waals surface area (Å²) in [4.78, 5) is 0. The van der Waals surface area contributed by atoms with Crippen LogP contribution >= 0.6 is 0 Å². The van der Waals surface area contributed by atoms with Gasteiger partial charge in [-0.1, -0.05) is 12.1 Å². The summed E-state index contributed by atoms with van der Waals surface area (Å²) in [6.07, 6.45) is 0.942. The molecule has 0 spiro atoms. The lowest BCUT2D eigenvalue weighted by Gasteiger charge is -2.12. The van der Waals surface area contributed by atoms with E-state index in [1.54, 1.807) is 18.2 Å². The zero-order valence-corrected chi connectivity index (χ0v) is 11.3. The van der Waals surface area contributed by atoms with Gasteiger partial charge in [-0.25, -0.2) is 0 Å². The molecular formula is C12H13N3O4S. The Bertz CT molecular complexity index is 678. The second kappa shape index (κ2) is 5.23. The maximum absolute atomic E-state index is 12.1. The van der Waals surface area contributed by atoms with Gasteiger partial charge in [0.1, 0.15) is 0 Å². The van der Waals surface area contributed by atoms with E-state index in [9.17, 15) is 8.42 Å². The molecule has 3 rings (SSSR count). The van der Waals surface area contributed by atoms with Gasteiger partial charge in [-0.3, -0.25) is 9.82 Å². The van der Waals surface area contributed by atoms with E-state index < -0.39 is 16.3 Å². The molecule has 0 amide bonds. The predicted molar refractivity (Wildman–Crippen MR) is 70.5 cm³/mol. The topological polar surface area (TPSA) is 93.3 Å². The van der Waals surface area contributed by atoms with E-state index in [1.165, 1.54) is 12.3 Å². The normalized spacial score (nSPS) is 16.4. The van der Waals surface area contributed by atoms with Crippen molar-refractivity contribution in [3.8, 4) is 0 Å². The summed E-state index contributed by atoms with van der Waals surface area (Å²) in [7, 11) is -3.66. The summed E-state index contributed by atoms with van der Waals surface area (Å²) in [6.45, 7) is 1.07. The van der Waals surface area contributed by atoms with Crippen LogP contribution in [0.2, 0.25) is 0 Å². The minimum absolute atomic E-state index is 0.0104. The lowest BCUT2D eigenvalue weighted by Crippen LogP contribution is -2.13. The van der Waals surface area contributed by atoms with Crippen LogP contribution in [0, 0.1) is 0 Å². The molecular weight excluding hydrogens is 282 g/mol. The van der Waals surface area contributed by atoms with Gasteiger partial charge in [-0.15, -0.1) is 0 Å². The van der Waals surface area contributed by atoms with Gasteiger partial charge in [0.25, 0.3) is 10.0 Å². The Kier molecular flexibility index (Phi) is 3.43. The minimum Gasteiger partial charge on any atom is -0.346 e. The molecule has 0 radical (unpaired) electrons. The summed E-state index contributed by atoms with van der Waals surface area (Å²) in [5.74, 6) is 0. The van der Waals surface area contributed by atoms with Crippen LogP contribution in [0.4, 0.5) is 5.69 Å². The molecule has 1 aliphatic heterocycles. The molecule has 1 saturated heterocycles. The number of hydrogen-bond acceptors (Lipinski definition) is 5. The number of aromatic nitrogens is 2. The van der Waals surface area contributed by atoms with Gasteiger partial charge in [0, 0.05) is 11.3 Å². The molecule has 8 heteroatoms. The van der Waals surface area contributed by atoms with Crippen molar-refractivity contribution in [2.24, 2.45) is 0 Å². The van der Waals surface area contributed by atoms with Crippen molar-refractivity contribution < 1.29 is 17.9 Å². The fourth-order valence-corrected chi connectivity index (χ4v) is 2.86. The van der Waals surface area contributed by atoms with Crippen molar-refractivity contribution in [3.05, 3.63) is 42.1 Å². The van der Waals surface area contributed by atoms with Crippen molar-refractivity contribution in [2.75, 3.05) is 17.9 Å². The van der Waals surface area contributed by atoms with Crippen LogP contribution in [0.15, 0.2) is 41.6 Å². The van der Waals surface area contributed by atoms with Gasteiger partial charge in [0.15, 0.2) is 11.3 Å². The van der Waals surface area contributed by atoms with Crippen LogP contribution in [0.5, 0.6) is 0 Å². The first-order valence-corrected chi connectivity index (χ1v) is 7.49. The number of ether oxygens (including phenoxy) is 2. The zero-order chi connectivity index (χ0) is 14.0. The molecule has 2 aromatic rings. The lowest BCUT2D eigenvalue weighted by molar-refractivity contribution is -0.0440. The Labute approximate surface area is 116 Å². The number of benzene rings is 1. The van der Waals surface area contributed by atoms with Crippen LogP contribution in [0.1, 0.15) is 11.9 Å². The van der Waals surface area contributed by atoms with Crippen molar-refractivity contribution >= 4 is 15.7 Å². The number of H-pyrrole nitrogens is 1. The molecule has 0 atom stereocenters. The van der Waals surface area contributed by atoms with E-state index in [-0.39, 0.29) is 5.03 Å². The molecule has 0 unspecified atom stereocenters. The summed E-state index contributed by atoms with van der Waals surface area (Å²) in [6, 6.07) is 8.29. The Morgan fingerprint density at radius 1 is 1.25 bits per heavy atom. The van der Waals surface area contributed by atoms with E-state index in [1.807, 2.05) is 6.07 Å². The van der Waals surface area contributed by atoms with E-state index in [0.29, 0.717) is 18.9 Å². The Balaban J connectivity index is 1.82. The molecule has 1 aromatic heterocycles. The SMILES string of the molecule is O=S(=O)(Nc1cccc(C2OCCO2)c1)c1ccn[nH]1. The molecule has 1 aromatic carbocycles. The smallest absolute Gasteiger partial charge is 0.278 e. The molecule has 0 bridgehead atoms. The maximum Gasteiger partial charge on any atom is 0.278 e. The zero-order valence-electron chi connectivity index (χ0n) is 10.4. The van der Waals surface area contributed by atoms with Crippen molar-refractivity contribution in [3.63, 3.8) is 0 Å². The second-order valence-electron chi connectivity index (χ2n) is 4.23.